The first-order valence-corrected chi connectivity index (χ1v) is 4.30. The van der Waals surface area contributed by atoms with Gasteiger partial charge in [-0.3, -0.25) is 4.79 Å². The van der Waals surface area contributed by atoms with Crippen LogP contribution in [0.25, 0.3) is 0 Å². The lowest BCUT2D eigenvalue weighted by molar-refractivity contribution is -0.107. The van der Waals surface area contributed by atoms with E-state index < -0.39 is 0 Å². The molecule has 0 aliphatic carbocycles. The number of anilines is 1. The number of carbonyl (C=O) groups excluding carboxylic acids is 2. The topological polar surface area (TPSA) is 72.2 Å². The van der Waals surface area contributed by atoms with Crippen LogP contribution in [0.2, 0.25) is 5.02 Å². The van der Waals surface area contributed by atoms with E-state index in [0.717, 1.165) is 0 Å². The molecule has 0 saturated heterocycles. The molecule has 74 valence electrons. The fourth-order valence-electron chi connectivity index (χ4n) is 0.905. The molecule has 0 radical (unpaired) electrons. The summed E-state index contributed by atoms with van der Waals surface area (Å²) in [4.78, 5) is 21.3. The third-order valence-corrected chi connectivity index (χ3v) is 1.94. The SMILES string of the molecule is Nc1ccc(C(=O)NCC=O)cc1Cl. The van der Waals surface area contributed by atoms with Crippen molar-refractivity contribution in [3.8, 4) is 0 Å². The number of aldehydes is 1. The Morgan fingerprint density at radius 3 is 2.86 bits per heavy atom. The largest absolute Gasteiger partial charge is 0.398 e. The molecule has 0 atom stereocenters. The first kappa shape index (κ1) is 10.5. The molecule has 0 saturated carbocycles. The van der Waals surface area contributed by atoms with Gasteiger partial charge < -0.3 is 15.8 Å². The number of nitrogens with one attached hydrogen (secondary N) is 1. The molecule has 0 spiro atoms. The number of nitrogens with two attached hydrogens (primary N) is 1. The van der Waals surface area contributed by atoms with Crippen LogP contribution < -0.4 is 11.1 Å². The van der Waals surface area contributed by atoms with E-state index in [-0.39, 0.29) is 12.5 Å². The highest BCUT2D eigenvalue weighted by Gasteiger charge is 2.06. The molecule has 0 unspecified atom stereocenters. The van der Waals surface area contributed by atoms with Gasteiger partial charge in [-0.25, -0.2) is 0 Å². The van der Waals surface area contributed by atoms with E-state index in [9.17, 15) is 9.59 Å². The summed E-state index contributed by atoms with van der Waals surface area (Å²) in [6.07, 6.45) is 0.608. The van der Waals surface area contributed by atoms with Gasteiger partial charge in [-0.1, -0.05) is 11.6 Å². The van der Waals surface area contributed by atoms with E-state index in [1.807, 2.05) is 0 Å². The molecule has 0 fully saturated rings. The second kappa shape index (κ2) is 4.62. The third kappa shape index (κ3) is 2.47. The zero-order chi connectivity index (χ0) is 10.6. The molecule has 1 amide bonds. The molecule has 0 aliphatic rings. The highest BCUT2D eigenvalue weighted by Crippen LogP contribution is 2.19. The second-order valence-electron chi connectivity index (χ2n) is 2.61. The Kier molecular flexibility index (Phi) is 3.48. The van der Waals surface area contributed by atoms with E-state index in [0.29, 0.717) is 22.6 Å². The quantitative estimate of drug-likeness (QED) is 0.576. The first-order valence-electron chi connectivity index (χ1n) is 3.92. The monoisotopic (exact) mass is 212 g/mol. The van der Waals surface area contributed by atoms with Crippen LogP contribution in [-0.2, 0) is 4.79 Å². The maximum atomic E-state index is 11.3. The number of carbonyl (C=O) groups is 2. The Labute approximate surface area is 86.0 Å². The van der Waals surface area contributed by atoms with Crippen LogP contribution >= 0.6 is 11.6 Å². The maximum Gasteiger partial charge on any atom is 0.251 e. The summed E-state index contributed by atoms with van der Waals surface area (Å²) in [6.45, 7) is -0.0131. The van der Waals surface area contributed by atoms with Crippen LogP contribution in [0.4, 0.5) is 5.69 Å². The fourth-order valence-corrected chi connectivity index (χ4v) is 1.09. The molecule has 0 bridgehead atoms. The van der Waals surface area contributed by atoms with Crippen molar-refractivity contribution >= 4 is 29.5 Å². The molecule has 3 N–H and O–H groups in total. The molecule has 0 aromatic heterocycles. The van der Waals surface area contributed by atoms with Crippen LogP contribution in [0, 0.1) is 0 Å². The number of amides is 1. The minimum atomic E-state index is -0.348. The first-order chi connectivity index (χ1) is 6.65. The molecule has 5 heteroatoms. The average Bonchev–Trinajstić information content (AvgIpc) is 2.18. The van der Waals surface area contributed by atoms with Gasteiger partial charge in [-0.05, 0) is 18.2 Å². The summed E-state index contributed by atoms with van der Waals surface area (Å²) >= 11 is 5.72. The van der Waals surface area contributed by atoms with Gasteiger partial charge in [-0.15, -0.1) is 0 Å². The summed E-state index contributed by atoms with van der Waals surface area (Å²) in [7, 11) is 0. The Morgan fingerprint density at radius 1 is 1.57 bits per heavy atom. The second-order valence-corrected chi connectivity index (χ2v) is 3.02. The summed E-state index contributed by atoms with van der Waals surface area (Å²) in [5.74, 6) is -0.348. The van der Waals surface area contributed by atoms with E-state index in [1.165, 1.54) is 12.1 Å². The number of nitrogen functional groups attached to an aromatic ring is 1. The zero-order valence-electron chi connectivity index (χ0n) is 7.29. The lowest BCUT2D eigenvalue weighted by Crippen LogP contribution is -2.25. The van der Waals surface area contributed by atoms with E-state index in [2.05, 4.69) is 5.32 Å². The molecular formula is C9H9ClN2O2. The third-order valence-electron chi connectivity index (χ3n) is 1.61. The highest BCUT2D eigenvalue weighted by molar-refractivity contribution is 6.33. The van der Waals surface area contributed by atoms with Crippen LogP contribution in [-0.4, -0.2) is 18.7 Å². The van der Waals surface area contributed by atoms with Crippen LogP contribution in [0.5, 0.6) is 0 Å². The van der Waals surface area contributed by atoms with Gasteiger partial charge in [0.05, 0.1) is 17.3 Å². The van der Waals surface area contributed by atoms with Crippen molar-refractivity contribution in [1.29, 1.82) is 0 Å². The summed E-state index contributed by atoms with van der Waals surface area (Å²) in [5, 5.41) is 2.71. The fraction of sp³-hybridized carbons (Fsp3) is 0.111. The lowest BCUT2D eigenvalue weighted by Gasteiger charge is -2.03. The number of benzene rings is 1. The summed E-state index contributed by atoms with van der Waals surface area (Å²) in [5.41, 5.74) is 6.27. The minimum absolute atomic E-state index is 0.0131. The predicted molar refractivity (Wildman–Crippen MR) is 54.3 cm³/mol. The molecule has 0 aliphatic heterocycles. The summed E-state index contributed by atoms with van der Waals surface area (Å²) in [6, 6.07) is 4.54. The normalized spacial score (nSPS) is 9.50. The van der Waals surface area contributed by atoms with Crippen molar-refractivity contribution in [1.82, 2.24) is 5.32 Å². The van der Waals surface area contributed by atoms with Gasteiger partial charge in [0.2, 0.25) is 0 Å². The molecule has 1 rings (SSSR count). The molecule has 1 aromatic rings. The van der Waals surface area contributed by atoms with Gasteiger partial charge in [0.25, 0.3) is 5.91 Å². The van der Waals surface area contributed by atoms with Gasteiger partial charge in [0, 0.05) is 5.56 Å². The Balaban J connectivity index is 2.80. The van der Waals surface area contributed by atoms with Crippen molar-refractivity contribution in [3.05, 3.63) is 28.8 Å². The van der Waals surface area contributed by atoms with Gasteiger partial charge in [-0.2, -0.15) is 0 Å². The number of hydrogen-bond donors (Lipinski definition) is 2. The van der Waals surface area contributed by atoms with Crippen molar-refractivity contribution in [2.45, 2.75) is 0 Å². The smallest absolute Gasteiger partial charge is 0.251 e. The highest BCUT2D eigenvalue weighted by atomic mass is 35.5. The van der Waals surface area contributed by atoms with Crippen molar-refractivity contribution in [3.63, 3.8) is 0 Å². The maximum absolute atomic E-state index is 11.3. The minimum Gasteiger partial charge on any atom is -0.398 e. The van der Waals surface area contributed by atoms with Crippen molar-refractivity contribution < 1.29 is 9.59 Å². The van der Waals surface area contributed by atoms with Crippen molar-refractivity contribution in [2.24, 2.45) is 0 Å². The van der Waals surface area contributed by atoms with Crippen LogP contribution in [0.15, 0.2) is 18.2 Å². The van der Waals surface area contributed by atoms with Gasteiger partial charge in [0.15, 0.2) is 0 Å². The van der Waals surface area contributed by atoms with Crippen LogP contribution in [0.3, 0.4) is 0 Å². The molecule has 4 nitrogen and oxygen atoms in total. The Hall–Kier alpha value is -1.55. The van der Waals surface area contributed by atoms with Gasteiger partial charge >= 0.3 is 0 Å². The molecule has 0 heterocycles. The molecule has 14 heavy (non-hydrogen) atoms. The van der Waals surface area contributed by atoms with Crippen LogP contribution in [0.1, 0.15) is 10.4 Å². The Morgan fingerprint density at radius 2 is 2.29 bits per heavy atom. The Bertz CT molecular complexity index is 366. The number of hydrogen-bond acceptors (Lipinski definition) is 3. The molecule has 1 aromatic carbocycles. The van der Waals surface area contributed by atoms with E-state index in [4.69, 9.17) is 17.3 Å². The number of rotatable bonds is 3. The number of halogens is 1. The van der Waals surface area contributed by atoms with E-state index in [1.54, 1.807) is 6.07 Å². The van der Waals surface area contributed by atoms with Gasteiger partial charge in [0.1, 0.15) is 6.29 Å². The molecular weight excluding hydrogens is 204 g/mol. The standard InChI is InChI=1S/C9H9ClN2O2/c10-7-5-6(1-2-8(7)11)9(14)12-3-4-13/h1-2,4-5H,3,11H2,(H,12,14). The van der Waals surface area contributed by atoms with E-state index >= 15 is 0 Å². The van der Waals surface area contributed by atoms with Crippen molar-refractivity contribution in [2.75, 3.05) is 12.3 Å². The zero-order valence-corrected chi connectivity index (χ0v) is 8.04. The average molecular weight is 213 g/mol. The lowest BCUT2D eigenvalue weighted by atomic mass is 10.2. The predicted octanol–water partition coefficient (Wildman–Crippen LogP) is 0.851. The summed E-state index contributed by atoms with van der Waals surface area (Å²) < 4.78 is 0.